The molecule has 0 aliphatic heterocycles. The Hall–Kier alpha value is -4.14. The van der Waals surface area contributed by atoms with Gasteiger partial charge < -0.3 is 20.4 Å². The first-order valence-electron chi connectivity index (χ1n) is 10.2. The molecule has 0 bridgehead atoms. The second kappa shape index (κ2) is 9.01. The Morgan fingerprint density at radius 2 is 0.912 bits per heavy atom. The summed E-state index contributed by atoms with van der Waals surface area (Å²) in [6, 6.07) is 24.7. The standard InChI is InChI=1S/2C13H9NO2S/c2*15-8-5-6-9(11(16)7-8)13-14-10-3-1-2-4-12(10)17-13/h2*1-7,15-16H. The summed E-state index contributed by atoms with van der Waals surface area (Å²) in [7, 11) is 0. The van der Waals surface area contributed by atoms with Crippen molar-refractivity contribution < 1.29 is 20.4 Å². The topological polar surface area (TPSA) is 107 Å². The molecule has 0 aliphatic rings. The maximum Gasteiger partial charge on any atom is 0.129 e. The molecule has 0 saturated heterocycles. The number of aromatic nitrogens is 2. The van der Waals surface area contributed by atoms with E-state index in [-0.39, 0.29) is 23.0 Å². The normalized spacial score (nSPS) is 10.8. The van der Waals surface area contributed by atoms with E-state index < -0.39 is 0 Å². The minimum Gasteiger partial charge on any atom is -0.508 e. The molecule has 6 nitrogen and oxygen atoms in total. The molecule has 6 rings (SSSR count). The first-order valence-corrected chi connectivity index (χ1v) is 11.9. The van der Waals surface area contributed by atoms with Gasteiger partial charge in [0.15, 0.2) is 0 Å². The Kier molecular flexibility index (Phi) is 5.75. The summed E-state index contributed by atoms with van der Waals surface area (Å²) in [6.45, 7) is 0. The quantitative estimate of drug-likeness (QED) is 0.216. The van der Waals surface area contributed by atoms with Gasteiger partial charge in [-0.15, -0.1) is 22.7 Å². The summed E-state index contributed by atoms with van der Waals surface area (Å²) in [4.78, 5) is 8.90. The van der Waals surface area contributed by atoms with E-state index in [4.69, 9.17) is 0 Å². The summed E-state index contributed by atoms with van der Waals surface area (Å²) >= 11 is 3.04. The van der Waals surface area contributed by atoms with E-state index >= 15 is 0 Å². The molecule has 4 aromatic carbocycles. The largest absolute Gasteiger partial charge is 0.508 e. The van der Waals surface area contributed by atoms with Crippen molar-refractivity contribution >= 4 is 43.1 Å². The van der Waals surface area contributed by atoms with Crippen LogP contribution in [0.2, 0.25) is 0 Å². The van der Waals surface area contributed by atoms with Gasteiger partial charge in [0.1, 0.15) is 33.0 Å². The number of nitrogens with zero attached hydrogens (tertiary/aromatic N) is 2. The lowest BCUT2D eigenvalue weighted by Crippen LogP contribution is -1.77. The first kappa shape index (κ1) is 21.7. The van der Waals surface area contributed by atoms with Crippen molar-refractivity contribution in [2.75, 3.05) is 0 Å². The summed E-state index contributed by atoms with van der Waals surface area (Å²) < 4.78 is 2.16. The minimum absolute atomic E-state index is 0.0454. The Balaban J connectivity index is 0.000000142. The predicted molar refractivity (Wildman–Crippen MR) is 137 cm³/mol. The number of hydrogen-bond acceptors (Lipinski definition) is 8. The van der Waals surface area contributed by atoms with Gasteiger partial charge in [0.2, 0.25) is 0 Å². The Labute approximate surface area is 202 Å². The van der Waals surface area contributed by atoms with Crippen molar-refractivity contribution in [1.82, 2.24) is 9.97 Å². The fraction of sp³-hybridized carbons (Fsp3) is 0. The highest BCUT2D eigenvalue weighted by atomic mass is 32.1. The molecule has 0 radical (unpaired) electrons. The zero-order chi connectivity index (χ0) is 23.7. The molecule has 34 heavy (non-hydrogen) atoms. The third-order valence-corrected chi connectivity index (χ3v) is 7.15. The number of phenolic OH excluding ortho intramolecular Hbond substituents is 4. The van der Waals surface area contributed by atoms with Gasteiger partial charge in [-0.3, -0.25) is 0 Å². The Morgan fingerprint density at radius 1 is 0.500 bits per heavy atom. The molecule has 8 heteroatoms. The smallest absolute Gasteiger partial charge is 0.129 e. The number of phenols is 4. The van der Waals surface area contributed by atoms with Crippen LogP contribution in [0, 0.1) is 0 Å². The van der Waals surface area contributed by atoms with Crippen LogP contribution >= 0.6 is 22.7 Å². The molecule has 2 heterocycles. The van der Waals surface area contributed by atoms with Crippen molar-refractivity contribution in [2.45, 2.75) is 0 Å². The highest BCUT2D eigenvalue weighted by Gasteiger charge is 2.11. The summed E-state index contributed by atoms with van der Waals surface area (Å²) in [5.74, 6) is 0.188. The number of para-hydroxylation sites is 2. The average Bonchev–Trinajstić information content (AvgIpc) is 3.43. The first-order chi connectivity index (χ1) is 16.5. The molecule has 0 amide bonds. The van der Waals surface area contributed by atoms with Crippen LogP contribution in [0.3, 0.4) is 0 Å². The predicted octanol–water partition coefficient (Wildman–Crippen LogP) is 6.75. The van der Waals surface area contributed by atoms with Crippen molar-refractivity contribution in [3.63, 3.8) is 0 Å². The maximum atomic E-state index is 9.78. The zero-order valence-electron chi connectivity index (χ0n) is 17.6. The zero-order valence-corrected chi connectivity index (χ0v) is 19.2. The molecular formula is C26H18N2O4S2. The van der Waals surface area contributed by atoms with Gasteiger partial charge in [-0.1, -0.05) is 24.3 Å². The van der Waals surface area contributed by atoms with Gasteiger partial charge in [0, 0.05) is 12.1 Å². The van der Waals surface area contributed by atoms with Crippen LogP contribution in [0.4, 0.5) is 0 Å². The van der Waals surface area contributed by atoms with Crippen LogP contribution in [0.15, 0.2) is 84.9 Å². The number of benzene rings is 4. The maximum absolute atomic E-state index is 9.78. The molecule has 2 aromatic heterocycles. The molecule has 0 fully saturated rings. The summed E-state index contributed by atoms with van der Waals surface area (Å²) in [5, 5.41) is 39.6. The average molecular weight is 487 g/mol. The highest BCUT2D eigenvalue weighted by molar-refractivity contribution is 7.22. The number of hydrogen-bond donors (Lipinski definition) is 4. The van der Waals surface area contributed by atoms with E-state index in [2.05, 4.69) is 9.97 Å². The fourth-order valence-electron chi connectivity index (χ4n) is 3.38. The fourth-order valence-corrected chi connectivity index (χ4v) is 5.38. The van der Waals surface area contributed by atoms with E-state index in [9.17, 15) is 20.4 Å². The van der Waals surface area contributed by atoms with Crippen LogP contribution in [-0.2, 0) is 0 Å². The van der Waals surface area contributed by atoms with Crippen molar-refractivity contribution in [3.05, 3.63) is 84.9 Å². The third-order valence-electron chi connectivity index (χ3n) is 5.01. The van der Waals surface area contributed by atoms with E-state index in [1.807, 2.05) is 48.5 Å². The van der Waals surface area contributed by atoms with Gasteiger partial charge in [-0.2, -0.15) is 0 Å². The van der Waals surface area contributed by atoms with Crippen molar-refractivity contribution in [2.24, 2.45) is 0 Å². The summed E-state index contributed by atoms with van der Waals surface area (Å²) in [6.07, 6.45) is 0. The van der Waals surface area contributed by atoms with Crippen LogP contribution in [0.5, 0.6) is 23.0 Å². The number of thiazole rings is 2. The van der Waals surface area contributed by atoms with Gasteiger partial charge in [0.05, 0.1) is 31.6 Å². The lowest BCUT2D eigenvalue weighted by Gasteiger charge is -2.00. The Morgan fingerprint density at radius 3 is 1.29 bits per heavy atom. The van der Waals surface area contributed by atoms with Crippen LogP contribution in [-0.4, -0.2) is 30.4 Å². The molecule has 0 saturated carbocycles. The Bertz CT molecular complexity index is 1440. The number of aromatic hydroxyl groups is 4. The monoisotopic (exact) mass is 486 g/mol. The molecule has 0 atom stereocenters. The SMILES string of the molecule is Oc1ccc(-c2nc3ccccc3s2)c(O)c1.Oc1ccc(-c2nc3ccccc3s2)c(O)c1. The molecule has 0 aliphatic carbocycles. The van der Waals surface area contributed by atoms with Gasteiger partial charge in [-0.05, 0) is 48.5 Å². The van der Waals surface area contributed by atoms with Crippen molar-refractivity contribution in [1.29, 1.82) is 0 Å². The molecule has 168 valence electrons. The van der Waals surface area contributed by atoms with E-state index in [1.54, 1.807) is 24.3 Å². The minimum atomic E-state index is 0.0454. The van der Waals surface area contributed by atoms with Crippen LogP contribution in [0.25, 0.3) is 41.6 Å². The van der Waals surface area contributed by atoms with E-state index in [0.29, 0.717) is 11.1 Å². The number of fused-ring (bicyclic) bond motifs is 2. The van der Waals surface area contributed by atoms with Crippen LogP contribution in [0.1, 0.15) is 0 Å². The van der Waals surface area contributed by atoms with E-state index in [1.165, 1.54) is 34.8 Å². The summed E-state index contributed by atoms with van der Waals surface area (Å²) in [5.41, 5.74) is 3.12. The molecule has 0 unspecified atom stereocenters. The molecule has 6 aromatic rings. The second-order valence-electron chi connectivity index (χ2n) is 7.38. The van der Waals surface area contributed by atoms with E-state index in [0.717, 1.165) is 30.4 Å². The number of rotatable bonds is 2. The molecular weight excluding hydrogens is 468 g/mol. The molecule has 4 N–H and O–H groups in total. The second-order valence-corrected chi connectivity index (χ2v) is 9.44. The third kappa shape index (κ3) is 4.36. The van der Waals surface area contributed by atoms with Gasteiger partial charge >= 0.3 is 0 Å². The van der Waals surface area contributed by atoms with Crippen molar-refractivity contribution in [3.8, 4) is 44.1 Å². The molecule has 0 spiro atoms. The lowest BCUT2D eigenvalue weighted by atomic mass is 10.2. The van der Waals surface area contributed by atoms with Gasteiger partial charge in [0.25, 0.3) is 0 Å². The highest BCUT2D eigenvalue weighted by Crippen LogP contribution is 2.37. The van der Waals surface area contributed by atoms with Gasteiger partial charge in [-0.25, -0.2) is 9.97 Å². The van der Waals surface area contributed by atoms with Crippen LogP contribution < -0.4 is 0 Å². The lowest BCUT2D eigenvalue weighted by molar-refractivity contribution is 0.451.